The second-order valence-electron chi connectivity index (χ2n) is 2.21. The molecule has 0 saturated carbocycles. The molecule has 4 nitrogen and oxygen atoms in total. The van der Waals surface area contributed by atoms with Crippen molar-refractivity contribution in [1.29, 1.82) is 0 Å². The summed E-state index contributed by atoms with van der Waals surface area (Å²) in [5.41, 5.74) is 5.17. The lowest BCUT2D eigenvalue weighted by atomic mass is 10.4. The van der Waals surface area contributed by atoms with Gasteiger partial charge in [0.15, 0.2) is 0 Å². The highest BCUT2D eigenvalue weighted by molar-refractivity contribution is 7.99. The lowest BCUT2D eigenvalue weighted by molar-refractivity contribution is -0.139. The molecular weight excluding hydrogens is 178 g/mol. The third kappa shape index (κ3) is 6.45. The number of rotatable bonds is 6. The van der Waals surface area contributed by atoms with Gasteiger partial charge >= 0.3 is 5.97 Å². The Bertz CT molecular complexity index is 132. The van der Waals surface area contributed by atoms with E-state index in [-0.39, 0.29) is 18.3 Å². The van der Waals surface area contributed by atoms with Crippen molar-refractivity contribution in [2.24, 2.45) is 5.73 Å². The Kier molecular flexibility index (Phi) is 7.23. The van der Waals surface area contributed by atoms with E-state index in [1.165, 1.54) is 11.8 Å². The van der Waals surface area contributed by atoms with Crippen molar-refractivity contribution in [2.75, 3.05) is 24.7 Å². The molecule has 0 amide bonds. The van der Waals surface area contributed by atoms with Gasteiger partial charge in [0.2, 0.25) is 0 Å². The van der Waals surface area contributed by atoms with Crippen molar-refractivity contribution in [3.05, 3.63) is 0 Å². The third-order valence-corrected chi connectivity index (χ3v) is 2.17. The minimum Gasteiger partial charge on any atom is -0.465 e. The van der Waals surface area contributed by atoms with Crippen LogP contribution in [0.3, 0.4) is 0 Å². The Balaban J connectivity index is 3.24. The van der Waals surface area contributed by atoms with E-state index >= 15 is 0 Å². The zero-order valence-electron chi connectivity index (χ0n) is 7.16. The van der Waals surface area contributed by atoms with Crippen LogP contribution in [0.4, 0.5) is 0 Å². The Hall–Kier alpha value is -0.260. The summed E-state index contributed by atoms with van der Waals surface area (Å²) in [5, 5.41) is 9.00. The molecule has 0 rings (SSSR count). The normalized spacial score (nSPS) is 12.6. The number of carbonyl (C=O) groups is 1. The maximum Gasteiger partial charge on any atom is 0.315 e. The smallest absolute Gasteiger partial charge is 0.315 e. The molecule has 0 aliphatic carbocycles. The van der Waals surface area contributed by atoms with Crippen molar-refractivity contribution in [1.82, 2.24) is 0 Å². The minimum atomic E-state index is -0.524. The van der Waals surface area contributed by atoms with Crippen LogP contribution in [0.1, 0.15) is 6.92 Å². The van der Waals surface area contributed by atoms with E-state index < -0.39 is 6.10 Å². The highest BCUT2D eigenvalue weighted by Gasteiger charge is 2.04. The molecule has 5 heteroatoms. The Morgan fingerprint density at radius 1 is 1.75 bits per heavy atom. The number of thioether (sulfide) groups is 1. The molecule has 0 saturated heterocycles. The predicted octanol–water partition coefficient (Wildman–Crippen LogP) is -0.398. The second-order valence-corrected chi connectivity index (χ2v) is 3.24. The molecule has 0 aliphatic rings. The zero-order chi connectivity index (χ0) is 9.40. The fourth-order valence-corrected chi connectivity index (χ4v) is 1.33. The molecule has 12 heavy (non-hydrogen) atoms. The third-order valence-electron chi connectivity index (χ3n) is 1.11. The van der Waals surface area contributed by atoms with Gasteiger partial charge in [-0.1, -0.05) is 0 Å². The summed E-state index contributed by atoms with van der Waals surface area (Å²) in [5.74, 6) is 0.520. The van der Waals surface area contributed by atoms with Crippen molar-refractivity contribution >= 4 is 17.7 Å². The lowest BCUT2D eigenvalue weighted by Crippen LogP contribution is -2.22. The number of ether oxygens (including phenoxy) is 1. The number of hydrogen-bond acceptors (Lipinski definition) is 5. The van der Waals surface area contributed by atoms with Gasteiger partial charge in [-0.25, -0.2) is 0 Å². The van der Waals surface area contributed by atoms with Crippen LogP contribution in [0.15, 0.2) is 0 Å². The van der Waals surface area contributed by atoms with E-state index in [1.807, 2.05) is 0 Å². The Labute approximate surface area is 76.5 Å². The van der Waals surface area contributed by atoms with Gasteiger partial charge in [0, 0.05) is 12.3 Å². The maximum atomic E-state index is 10.8. The van der Waals surface area contributed by atoms with Gasteiger partial charge in [0.05, 0.1) is 18.5 Å². The Morgan fingerprint density at radius 3 is 2.92 bits per heavy atom. The van der Waals surface area contributed by atoms with Crippen molar-refractivity contribution in [3.8, 4) is 0 Å². The molecule has 72 valence electrons. The number of carbonyl (C=O) groups excluding carboxylic acids is 1. The van der Waals surface area contributed by atoms with Gasteiger partial charge in [0.25, 0.3) is 0 Å². The van der Waals surface area contributed by atoms with Gasteiger partial charge in [-0.2, -0.15) is 0 Å². The molecule has 0 fully saturated rings. The second kappa shape index (κ2) is 7.39. The van der Waals surface area contributed by atoms with E-state index in [0.717, 1.165) is 0 Å². The average molecular weight is 193 g/mol. The maximum absolute atomic E-state index is 10.8. The van der Waals surface area contributed by atoms with Crippen LogP contribution in [-0.2, 0) is 9.53 Å². The first-order valence-corrected chi connectivity index (χ1v) is 4.97. The summed E-state index contributed by atoms with van der Waals surface area (Å²) in [7, 11) is 0. The molecular formula is C7H15NO3S. The van der Waals surface area contributed by atoms with Crippen LogP contribution < -0.4 is 5.73 Å². The van der Waals surface area contributed by atoms with Gasteiger partial charge < -0.3 is 15.6 Å². The standard InChI is InChI=1S/C7H15NO3S/c1-2-11-7(10)5-12-4-6(9)3-8/h6,9H,2-5,8H2,1H3. The van der Waals surface area contributed by atoms with Crippen molar-refractivity contribution < 1.29 is 14.6 Å². The van der Waals surface area contributed by atoms with Crippen LogP contribution in [-0.4, -0.2) is 41.8 Å². The van der Waals surface area contributed by atoms with Gasteiger partial charge in [-0.05, 0) is 6.92 Å². The fourth-order valence-electron chi connectivity index (χ4n) is 0.549. The van der Waals surface area contributed by atoms with Crippen molar-refractivity contribution in [2.45, 2.75) is 13.0 Å². The predicted molar refractivity (Wildman–Crippen MR) is 49.0 cm³/mol. The quantitative estimate of drug-likeness (QED) is 0.562. The number of nitrogens with two attached hydrogens (primary N) is 1. The highest BCUT2D eigenvalue weighted by atomic mass is 32.2. The van der Waals surface area contributed by atoms with Gasteiger partial charge in [-0.15, -0.1) is 11.8 Å². The van der Waals surface area contributed by atoms with E-state index in [1.54, 1.807) is 6.92 Å². The molecule has 0 aliphatic heterocycles. The molecule has 0 radical (unpaired) electrons. The summed E-state index contributed by atoms with van der Waals surface area (Å²) in [4.78, 5) is 10.8. The number of aliphatic hydroxyl groups excluding tert-OH is 1. The van der Waals surface area contributed by atoms with Gasteiger partial charge in [0.1, 0.15) is 0 Å². The molecule has 0 spiro atoms. The molecule has 0 bridgehead atoms. The minimum absolute atomic E-state index is 0.232. The average Bonchev–Trinajstić information content (AvgIpc) is 2.04. The van der Waals surface area contributed by atoms with E-state index in [4.69, 9.17) is 10.8 Å². The van der Waals surface area contributed by atoms with E-state index in [0.29, 0.717) is 12.4 Å². The largest absolute Gasteiger partial charge is 0.465 e. The topological polar surface area (TPSA) is 72.5 Å². The SMILES string of the molecule is CCOC(=O)CSCC(O)CN. The molecule has 0 aromatic rings. The van der Waals surface area contributed by atoms with Gasteiger partial charge in [-0.3, -0.25) is 4.79 Å². The number of hydrogen-bond donors (Lipinski definition) is 2. The molecule has 0 aromatic heterocycles. The molecule has 3 N–H and O–H groups in total. The van der Waals surface area contributed by atoms with E-state index in [2.05, 4.69) is 4.74 Å². The van der Waals surface area contributed by atoms with Crippen LogP contribution in [0.5, 0.6) is 0 Å². The first kappa shape index (κ1) is 11.7. The Morgan fingerprint density at radius 2 is 2.42 bits per heavy atom. The van der Waals surface area contributed by atoms with Crippen molar-refractivity contribution in [3.63, 3.8) is 0 Å². The van der Waals surface area contributed by atoms with Crippen LogP contribution in [0, 0.1) is 0 Å². The monoisotopic (exact) mass is 193 g/mol. The lowest BCUT2D eigenvalue weighted by Gasteiger charge is -2.05. The fraction of sp³-hybridized carbons (Fsp3) is 0.857. The van der Waals surface area contributed by atoms with Crippen LogP contribution in [0.2, 0.25) is 0 Å². The first-order chi connectivity index (χ1) is 5.70. The first-order valence-electron chi connectivity index (χ1n) is 3.82. The van der Waals surface area contributed by atoms with Crippen LogP contribution >= 0.6 is 11.8 Å². The summed E-state index contributed by atoms with van der Waals surface area (Å²) >= 11 is 1.33. The molecule has 1 unspecified atom stereocenters. The summed E-state index contributed by atoms with van der Waals surface area (Å²) in [6, 6.07) is 0. The molecule has 0 heterocycles. The number of aliphatic hydroxyl groups is 1. The summed E-state index contributed by atoms with van der Waals surface area (Å²) in [6.45, 7) is 2.39. The molecule has 0 aromatic carbocycles. The van der Waals surface area contributed by atoms with E-state index in [9.17, 15) is 4.79 Å². The summed E-state index contributed by atoms with van der Waals surface area (Å²) < 4.78 is 4.68. The van der Waals surface area contributed by atoms with Crippen LogP contribution in [0.25, 0.3) is 0 Å². The number of esters is 1. The highest BCUT2D eigenvalue weighted by Crippen LogP contribution is 2.02. The molecule has 1 atom stereocenters. The summed E-state index contributed by atoms with van der Waals surface area (Å²) in [6.07, 6.45) is -0.524. The zero-order valence-corrected chi connectivity index (χ0v) is 7.97.